The van der Waals surface area contributed by atoms with E-state index < -0.39 is 6.10 Å². The van der Waals surface area contributed by atoms with Gasteiger partial charge in [-0.25, -0.2) is 0 Å². The van der Waals surface area contributed by atoms with Gasteiger partial charge in [-0.2, -0.15) is 0 Å². The molecule has 0 aromatic heterocycles. The van der Waals surface area contributed by atoms with Crippen molar-refractivity contribution in [2.75, 3.05) is 0 Å². The van der Waals surface area contributed by atoms with Crippen LogP contribution in [0.1, 0.15) is 41.2 Å². The molecular weight excluding hydrogens is 363 g/mol. The maximum absolute atomic E-state index is 11.0. The van der Waals surface area contributed by atoms with E-state index in [0.717, 1.165) is 23.4 Å². The van der Waals surface area contributed by atoms with E-state index in [0.29, 0.717) is 11.4 Å². The molecule has 0 heterocycles. The zero-order chi connectivity index (χ0) is 18.1. The second-order valence-electron chi connectivity index (χ2n) is 7.02. The highest BCUT2D eigenvalue weighted by Crippen LogP contribution is 2.49. The van der Waals surface area contributed by atoms with Crippen molar-refractivity contribution in [2.45, 2.75) is 30.8 Å². The normalized spacial score (nSPS) is 20.0. The number of halogens is 2. The van der Waals surface area contributed by atoms with E-state index in [4.69, 9.17) is 23.2 Å². The van der Waals surface area contributed by atoms with Gasteiger partial charge in [0.15, 0.2) is 0 Å². The van der Waals surface area contributed by atoms with Gasteiger partial charge in [-0.1, -0.05) is 71.7 Å². The molecule has 0 fully saturated rings. The predicted octanol–water partition coefficient (Wildman–Crippen LogP) is 6.35. The Hall–Kier alpha value is -1.80. The van der Waals surface area contributed by atoms with Crippen LogP contribution in [0.25, 0.3) is 0 Å². The number of aryl methyl sites for hydroxylation is 1. The van der Waals surface area contributed by atoms with Crippen molar-refractivity contribution in [1.82, 2.24) is 0 Å². The van der Waals surface area contributed by atoms with Crippen LogP contribution in [0.4, 0.5) is 0 Å². The Balaban J connectivity index is 1.77. The highest BCUT2D eigenvalue weighted by Gasteiger charge is 2.41. The van der Waals surface area contributed by atoms with Crippen molar-refractivity contribution in [3.63, 3.8) is 0 Å². The number of aliphatic hydroxyl groups is 1. The fraction of sp³-hybridized carbons (Fsp3) is 0.217. The third kappa shape index (κ3) is 3.16. The van der Waals surface area contributed by atoms with Crippen molar-refractivity contribution in [1.29, 1.82) is 0 Å². The molecule has 1 N–H and O–H groups in total. The van der Waals surface area contributed by atoms with Crippen LogP contribution in [0.3, 0.4) is 0 Å². The summed E-state index contributed by atoms with van der Waals surface area (Å²) in [5, 5.41) is 12.4. The molecule has 0 aliphatic heterocycles. The Labute approximate surface area is 164 Å². The number of benzene rings is 3. The molecule has 4 rings (SSSR count). The zero-order valence-electron chi connectivity index (χ0n) is 14.3. The summed E-state index contributed by atoms with van der Waals surface area (Å²) in [6, 6.07) is 24.1. The van der Waals surface area contributed by atoms with E-state index in [2.05, 4.69) is 36.4 Å². The van der Waals surface area contributed by atoms with E-state index in [1.807, 2.05) is 36.4 Å². The largest absolute Gasteiger partial charge is 0.388 e. The van der Waals surface area contributed by atoms with Crippen LogP contribution in [0.15, 0.2) is 72.8 Å². The fourth-order valence-electron chi connectivity index (χ4n) is 4.22. The Bertz CT molecular complexity index is 902. The lowest BCUT2D eigenvalue weighted by Crippen LogP contribution is -2.27. The molecule has 1 aliphatic rings. The van der Waals surface area contributed by atoms with E-state index in [9.17, 15) is 5.11 Å². The Kier molecular flexibility index (Phi) is 4.79. The average Bonchev–Trinajstić information content (AvgIpc) is 3.02. The minimum absolute atomic E-state index is 0.208. The minimum Gasteiger partial charge on any atom is -0.388 e. The molecule has 0 amide bonds. The minimum atomic E-state index is -0.561. The van der Waals surface area contributed by atoms with Gasteiger partial charge < -0.3 is 5.11 Å². The van der Waals surface area contributed by atoms with Crippen LogP contribution >= 0.6 is 23.2 Å². The molecule has 3 heteroatoms. The molecule has 0 saturated carbocycles. The van der Waals surface area contributed by atoms with Gasteiger partial charge >= 0.3 is 0 Å². The quantitative estimate of drug-likeness (QED) is 0.557. The first-order chi connectivity index (χ1) is 12.6. The molecule has 1 aliphatic carbocycles. The fourth-order valence-corrected chi connectivity index (χ4v) is 4.47. The molecule has 3 aromatic rings. The van der Waals surface area contributed by atoms with Gasteiger partial charge in [0.05, 0.1) is 6.10 Å². The average molecular weight is 383 g/mol. The van der Waals surface area contributed by atoms with Gasteiger partial charge in [-0.05, 0) is 65.8 Å². The number of hydrogen-bond donors (Lipinski definition) is 1. The molecule has 2 atom stereocenters. The predicted molar refractivity (Wildman–Crippen MR) is 108 cm³/mol. The summed E-state index contributed by atoms with van der Waals surface area (Å²) in [6.07, 6.45) is 2.08. The third-order valence-electron chi connectivity index (χ3n) is 5.55. The maximum Gasteiger partial charge on any atom is 0.0801 e. The summed E-state index contributed by atoms with van der Waals surface area (Å²) < 4.78 is 0. The first-order valence-corrected chi connectivity index (χ1v) is 9.62. The molecule has 0 radical (unpaired) electrons. The van der Waals surface area contributed by atoms with Crippen LogP contribution in [-0.2, 0) is 11.8 Å². The van der Waals surface area contributed by atoms with E-state index in [1.54, 1.807) is 0 Å². The van der Waals surface area contributed by atoms with Crippen molar-refractivity contribution in [3.05, 3.63) is 105 Å². The molecule has 0 saturated heterocycles. The molecule has 2 unspecified atom stereocenters. The number of fused-ring (bicyclic) bond motifs is 1. The molecular formula is C23H20Cl2O. The summed E-state index contributed by atoms with van der Waals surface area (Å²) in [5.74, 6) is 0. The lowest BCUT2D eigenvalue weighted by molar-refractivity contribution is 0.141. The smallest absolute Gasteiger partial charge is 0.0801 e. The van der Waals surface area contributed by atoms with Crippen molar-refractivity contribution in [3.8, 4) is 0 Å². The van der Waals surface area contributed by atoms with Gasteiger partial charge in [0.1, 0.15) is 0 Å². The highest BCUT2D eigenvalue weighted by atomic mass is 35.5. The van der Waals surface area contributed by atoms with E-state index in [1.165, 1.54) is 16.7 Å². The Morgan fingerprint density at radius 1 is 0.846 bits per heavy atom. The first-order valence-electron chi connectivity index (χ1n) is 8.86. The van der Waals surface area contributed by atoms with Crippen molar-refractivity contribution < 1.29 is 5.11 Å². The zero-order valence-corrected chi connectivity index (χ0v) is 15.8. The monoisotopic (exact) mass is 382 g/mol. The standard InChI is InChI=1S/C23H20Cl2O/c24-19-9-5-17(6-10-19)22(26)15-23(18-7-11-20(25)12-8-18)14-13-16-3-1-2-4-21(16)23/h1-12,22,26H,13-15H2. The van der Waals surface area contributed by atoms with E-state index in [-0.39, 0.29) is 5.41 Å². The number of aliphatic hydroxyl groups excluding tert-OH is 1. The van der Waals surface area contributed by atoms with Crippen LogP contribution in [-0.4, -0.2) is 5.11 Å². The number of rotatable bonds is 4. The third-order valence-corrected chi connectivity index (χ3v) is 6.05. The SMILES string of the molecule is OC(CC1(c2ccc(Cl)cc2)CCc2ccccc21)c1ccc(Cl)cc1. The summed E-state index contributed by atoms with van der Waals surface area (Å²) in [4.78, 5) is 0. The second kappa shape index (κ2) is 7.08. The van der Waals surface area contributed by atoms with Gasteiger partial charge in [-0.3, -0.25) is 0 Å². The van der Waals surface area contributed by atoms with Crippen molar-refractivity contribution >= 4 is 23.2 Å². The number of hydrogen-bond acceptors (Lipinski definition) is 1. The Morgan fingerprint density at radius 2 is 1.46 bits per heavy atom. The van der Waals surface area contributed by atoms with Crippen LogP contribution in [0, 0.1) is 0 Å². The second-order valence-corrected chi connectivity index (χ2v) is 7.89. The molecule has 1 nitrogen and oxygen atoms in total. The molecule has 26 heavy (non-hydrogen) atoms. The van der Waals surface area contributed by atoms with Gasteiger partial charge in [0.25, 0.3) is 0 Å². The van der Waals surface area contributed by atoms with Gasteiger partial charge in [0, 0.05) is 15.5 Å². The highest BCUT2D eigenvalue weighted by molar-refractivity contribution is 6.30. The Morgan fingerprint density at radius 3 is 2.15 bits per heavy atom. The molecule has 132 valence electrons. The molecule has 3 aromatic carbocycles. The summed E-state index contributed by atoms with van der Waals surface area (Å²) >= 11 is 12.1. The van der Waals surface area contributed by atoms with Crippen LogP contribution in [0.2, 0.25) is 10.0 Å². The summed E-state index contributed by atoms with van der Waals surface area (Å²) in [7, 11) is 0. The van der Waals surface area contributed by atoms with Crippen LogP contribution < -0.4 is 0 Å². The first kappa shape index (κ1) is 17.6. The summed E-state index contributed by atoms with van der Waals surface area (Å²) in [5.41, 5.74) is 4.58. The maximum atomic E-state index is 11.0. The topological polar surface area (TPSA) is 20.2 Å². The van der Waals surface area contributed by atoms with Gasteiger partial charge in [0.2, 0.25) is 0 Å². The molecule has 0 bridgehead atoms. The van der Waals surface area contributed by atoms with Gasteiger partial charge in [-0.15, -0.1) is 0 Å². The van der Waals surface area contributed by atoms with Crippen molar-refractivity contribution in [2.24, 2.45) is 0 Å². The van der Waals surface area contributed by atoms with Crippen LogP contribution in [0.5, 0.6) is 0 Å². The lowest BCUT2D eigenvalue weighted by atomic mass is 9.71. The molecule has 0 spiro atoms. The lowest BCUT2D eigenvalue weighted by Gasteiger charge is -2.34. The summed E-state index contributed by atoms with van der Waals surface area (Å²) in [6.45, 7) is 0. The van der Waals surface area contributed by atoms with E-state index >= 15 is 0 Å².